The van der Waals surface area contributed by atoms with Gasteiger partial charge in [-0.15, -0.1) is 11.3 Å². The van der Waals surface area contributed by atoms with Gasteiger partial charge in [-0.2, -0.15) is 0 Å². The van der Waals surface area contributed by atoms with Gasteiger partial charge in [0.2, 0.25) is 5.91 Å². The Morgan fingerprint density at radius 3 is 2.47 bits per heavy atom. The lowest BCUT2D eigenvalue weighted by Gasteiger charge is -2.06. The summed E-state index contributed by atoms with van der Waals surface area (Å²) in [7, 11) is 0. The van der Waals surface area contributed by atoms with Gasteiger partial charge in [0.1, 0.15) is 5.84 Å². The Morgan fingerprint density at radius 2 is 1.82 bits per heavy atom. The largest absolute Gasteiger partial charge is 0.383 e. The topological polar surface area (TPSA) is 93.0 Å². The van der Waals surface area contributed by atoms with Gasteiger partial charge in [0, 0.05) is 11.1 Å². The maximum absolute atomic E-state index is 11.3. The molecule has 5 heteroatoms. The first kappa shape index (κ1) is 11.3. The van der Waals surface area contributed by atoms with Gasteiger partial charge < -0.3 is 11.5 Å². The number of hydrogen-bond acceptors (Lipinski definition) is 3. The molecule has 5 N–H and O–H groups in total. The molecule has 1 heterocycles. The Labute approximate surface area is 102 Å². The second kappa shape index (κ2) is 4.39. The highest BCUT2D eigenvalue weighted by Gasteiger charge is 2.14. The predicted molar refractivity (Wildman–Crippen MR) is 69.3 cm³/mol. The van der Waals surface area contributed by atoms with Crippen molar-refractivity contribution in [3.05, 3.63) is 46.2 Å². The van der Waals surface area contributed by atoms with E-state index < -0.39 is 5.91 Å². The number of thiophene rings is 1. The average Bonchev–Trinajstić information content (AvgIpc) is 2.77. The molecule has 0 unspecified atom stereocenters. The van der Waals surface area contributed by atoms with Gasteiger partial charge in [0.05, 0.1) is 4.88 Å². The monoisotopic (exact) mass is 245 g/mol. The molecule has 0 saturated heterocycles. The number of carbonyl (C=O) groups excluding carboxylic acids is 1. The molecule has 0 aliphatic heterocycles. The van der Waals surface area contributed by atoms with Crippen LogP contribution in [-0.2, 0) is 0 Å². The fraction of sp³-hybridized carbons (Fsp3) is 0. The third kappa shape index (κ3) is 2.05. The number of nitrogen functional groups attached to an aromatic ring is 1. The van der Waals surface area contributed by atoms with Crippen LogP contribution >= 0.6 is 11.3 Å². The van der Waals surface area contributed by atoms with Crippen molar-refractivity contribution in [2.24, 2.45) is 11.5 Å². The molecule has 2 aromatic rings. The smallest absolute Gasteiger partial charge is 0.249 e. The van der Waals surface area contributed by atoms with E-state index in [0.717, 1.165) is 5.56 Å². The highest BCUT2D eigenvalue weighted by Crippen LogP contribution is 2.30. The van der Waals surface area contributed by atoms with E-state index in [4.69, 9.17) is 16.9 Å². The molecule has 1 aromatic carbocycles. The number of primary amides is 1. The minimum Gasteiger partial charge on any atom is -0.383 e. The Kier molecular flexibility index (Phi) is 2.93. The van der Waals surface area contributed by atoms with Crippen LogP contribution in [0.4, 0.5) is 0 Å². The van der Waals surface area contributed by atoms with Crippen LogP contribution in [-0.4, -0.2) is 11.7 Å². The summed E-state index contributed by atoms with van der Waals surface area (Å²) in [5.74, 6) is -0.490. The lowest BCUT2D eigenvalue weighted by Crippen LogP contribution is -2.14. The molecular weight excluding hydrogens is 234 g/mol. The van der Waals surface area contributed by atoms with E-state index >= 15 is 0 Å². The molecule has 0 fully saturated rings. The Morgan fingerprint density at radius 1 is 1.12 bits per heavy atom. The maximum Gasteiger partial charge on any atom is 0.249 e. The van der Waals surface area contributed by atoms with E-state index in [1.165, 1.54) is 11.3 Å². The minimum absolute atomic E-state index is 0.00530. The molecule has 17 heavy (non-hydrogen) atoms. The molecule has 0 bridgehead atoms. The lowest BCUT2D eigenvalue weighted by atomic mass is 9.99. The maximum atomic E-state index is 11.3. The van der Waals surface area contributed by atoms with Crippen LogP contribution < -0.4 is 11.5 Å². The first-order valence-corrected chi connectivity index (χ1v) is 5.80. The Balaban J connectivity index is 2.64. The van der Waals surface area contributed by atoms with Gasteiger partial charge in [-0.05, 0) is 23.1 Å². The summed E-state index contributed by atoms with van der Waals surface area (Å²) in [5.41, 5.74) is 12.8. The molecule has 4 nitrogen and oxygen atoms in total. The summed E-state index contributed by atoms with van der Waals surface area (Å²) in [6.07, 6.45) is 0. The van der Waals surface area contributed by atoms with E-state index in [1.54, 1.807) is 18.2 Å². The van der Waals surface area contributed by atoms with Crippen LogP contribution in [0.15, 0.2) is 35.7 Å². The summed E-state index contributed by atoms with van der Waals surface area (Å²) < 4.78 is 0. The average molecular weight is 245 g/mol. The molecule has 86 valence electrons. The quantitative estimate of drug-likeness (QED) is 0.568. The zero-order valence-corrected chi connectivity index (χ0v) is 9.75. The number of rotatable bonds is 3. The number of amidine groups is 1. The molecular formula is C12H11N3OS. The van der Waals surface area contributed by atoms with E-state index in [9.17, 15) is 4.79 Å². The van der Waals surface area contributed by atoms with Crippen LogP contribution in [0.25, 0.3) is 11.1 Å². The molecule has 0 aliphatic carbocycles. The van der Waals surface area contributed by atoms with Crippen LogP contribution in [0, 0.1) is 5.41 Å². The Hall–Kier alpha value is -2.14. The molecule has 0 spiro atoms. The van der Waals surface area contributed by atoms with Crippen molar-refractivity contribution in [1.82, 2.24) is 0 Å². The predicted octanol–water partition coefficient (Wildman–Crippen LogP) is 1.80. The number of nitrogens with two attached hydrogens (primary N) is 2. The van der Waals surface area contributed by atoms with Gasteiger partial charge in [-0.1, -0.05) is 18.2 Å². The van der Waals surface area contributed by atoms with E-state index in [1.807, 2.05) is 17.5 Å². The zero-order chi connectivity index (χ0) is 12.4. The summed E-state index contributed by atoms with van der Waals surface area (Å²) in [6.45, 7) is 0. The van der Waals surface area contributed by atoms with Crippen molar-refractivity contribution in [2.75, 3.05) is 0 Å². The van der Waals surface area contributed by atoms with Crippen LogP contribution in [0.1, 0.15) is 15.2 Å². The number of nitrogens with one attached hydrogen (secondary N) is 1. The highest BCUT2D eigenvalue weighted by atomic mass is 32.1. The number of hydrogen-bond donors (Lipinski definition) is 3. The fourth-order valence-electron chi connectivity index (χ4n) is 1.66. The number of benzene rings is 1. The van der Waals surface area contributed by atoms with Crippen LogP contribution in [0.3, 0.4) is 0 Å². The lowest BCUT2D eigenvalue weighted by molar-refractivity contribution is 0.100. The van der Waals surface area contributed by atoms with Gasteiger partial charge >= 0.3 is 0 Å². The van der Waals surface area contributed by atoms with Gasteiger partial charge in [0.15, 0.2) is 0 Å². The van der Waals surface area contributed by atoms with Gasteiger partial charge in [0.25, 0.3) is 0 Å². The summed E-state index contributed by atoms with van der Waals surface area (Å²) >= 11 is 1.37. The molecule has 1 aromatic heterocycles. The van der Waals surface area contributed by atoms with Crippen LogP contribution in [0.2, 0.25) is 0 Å². The number of amides is 1. The standard InChI is InChI=1S/C12H11N3OS/c13-11(14)10-8(5-6-17-10)7-3-1-2-4-9(7)12(15)16/h1-6H,(H3,13,14)(H2,15,16). The van der Waals surface area contributed by atoms with Crippen molar-refractivity contribution < 1.29 is 4.79 Å². The zero-order valence-electron chi connectivity index (χ0n) is 8.94. The summed E-state index contributed by atoms with van der Waals surface area (Å²) in [6, 6.07) is 8.88. The van der Waals surface area contributed by atoms with E-state index in [0.29, 0.717) is 16.0 Å². The van der Waals surface area contributed by atoms with Crippen molar-refractivity contribution >= 4 is 23.1 Å². The molecule has 0 aliphatic rings. The molecule has 1 amide bonds. The summed E-state index contributed by atoms with van der Waals surface area (Å²) in [4.78, 5) is 12.0. The third-order valence-corrected chi connectivity index (χ3v) is 3.34. The molecule has 2 rings (SSSR count). The minimum atomic E-state index is -0.485. The fourth-order valence-corrected chi connectivity index (χ4v) is 2.43. The van der Waals surface area contributed by atoms with Gasteiger partial charge in [-0.3, -0.25) is 10.2 Å². The third-order valence-electron chi connectivity index (χ3n) is 2.39. The normalized spacial score (nSPS) is 10.1. The molecule has 0 radical (unpaired) electrons. The SMILES string of the molecule is N=C(N)c1sccc1-c1ccccc1C(N)=O. The van der Waals surface area contributed by atoms with Crippen molar-refractivity contribution in [2.45, 2.75) is 0 Å². The number of carbonyl (C=O) groups is 1. The highest BCUT2D eigenvalue weighted by molar-refractivity contribution is 7.12. The Bertz CT molecular complexity index is 589. The van der Waals surface area contributed by atoms with Crippen molar-refractivity contribution in [1.29, 1.82) is 5.41 Å². The molecule has 0 saturated carbocycles. The molecule has 0 atom stereocenters. The van der Waals surface area contributed by atoms with Gasteiger partial charge in [-0.25, -0.2) is 0 Å². The summed E-state index contributed by atoms with van der Waals surface area (Å²) in [5, 5.41) is 9.33. The van der Waals surface area contributed by atoms with Crippen molar-refractivity contribution in [3.63, 3.8) is 0 Å². The van der Waals surface area contributed by atoms with E-state index in [2.05, 4.69) is 0 Å². The van der Waals surface area contributed by atoms with Crippen molar-refractivity contribution in [3.8, 4) is 11.1 Å². The first-order chi connectivity index (χ1) is 8.11. The second-order valence-corrected chi connectivity index (χ2v) is 4.40. The second-order valence-electron chi connectivity index (χ2n) is 3.49. The first-order valence-electron chi connectivity index (χ1n) is 4.92. The van der Waals surface area contributed by atoms with E-state index in [-0.39, 0.29) is 5.84 Å². The van der Waals surface area contributed by atoms with Crippen LogP contribution in [0.5, 0.6) is 0 Å².